The van der Waals surface area contributed by atoms with Crippen molar-refractivity contribution in [2.45, 2.75) is 6.92 Å². The van der Waals surface area contributed by atoms with E-state index in [4.69, 9.17) is 4.74 Å². The van der Waals surface area contributed by atoms with Gasteiger partial charge in [0.15, 0.2) is 0 Å². The van der Waals surface area contributed by atoms with Crippen molar-refractivity contribution >= 4 is 11.8 Å². The molecule has 1 aromatic heterocycles. The van der Waals surface area contributed by atoms with E-state index < -0.39 is 0 Å². The zero-order chi connectivity index (χ0) is 16.8. The molecular weight excluding hydrogens is 306 g/mol. The average Bonchev–Trinajstić information content (AvgIpc) is 2.97. The first-order valence-electron chi connectivity index (χ1n) is 8.19. The highest BCUT2D eigenvalue weighted by Crippen LogP contribution is 2.16. The number of ether oxygens (including phenoxy) is 1. The maximum absolute atomic E-state index is 12.1. The number of carbonyl (C=O) groups is 1. The standard InChI is InChI=1S/C17H23N5O2/c1-14-13-16(22(20-14)15-5-3-2-4-6-15)19-17(23)18-7-8-21-9-11-24-12-10-21/h2-6,13H,7-12H2,1H3,(H2,18,19,23). The molecule has 2 N–H and O–H groups in total. The Kier molecular flexibility index (Phi) is 5.45. The lowest BCUT2D eigenvalue weighted by Gasteiger charge is -2.26. The Morgan fingerprint density at radius 1 is 1.25 bits per heavy atom. The molecule has 0 spiro atoms. The number of aryl methyl sites for hydroxylation is 1. The van der Waals surface area contributed by atoms with Crippen LogP contribution in [0.15, 0.2) is 36.4 Å². The van der Waals surface area contributed by atoms with E-state index in [0.29, 0.717) is 12.4 Å². The van der Waals surface area contributed by atoms with Crippen LogP contribution >= 0.6 is 0 Å². The fraction of sp³-hybridized carbons (Fsp3) is 0.412. The fourth-order valence-corrected chi connectivity index (χ4v) is 2.67. The molecule has 1 aliphatic heterocycles. The van der Waals surface area contributed by atoms with Crippen LogP contribution in [0.3, 0.4) is 0 Å². The number of urea groups is 1. The Hall–Kier alpha value is -2.38. The third-order valence-electron chi connectivity index (χ3n) is 3.89. The van der Waals surface area contributed by atoms with Crippen LogP contribution in [0, 0.1) is 6.92 Å². The van der Waals surface area contributed by atoms with Crippen LogP contribution in [0.4, 0.5) is 10.6 Å². The Labute approximate surface area is 141 Å². The number of carbonyl (C=O) groups excluding carboxylic acids is 1. The molecule has 0 radical (unpaired) electrons. The van der Waals surface area contributed by atoms with Gasteiger partial charge >= 0.3 is 6.03 Å². The van der Waals surface area contributed by atoms with Crippen LogP contribution in [0.25, 0.3) is 5.69 Å². The predicted molar refractivity (Wildman–Crippen MR) is 92.6 cm³/mol. The van der Waals surface area contributed by atoms with Gasteiger partial charge in [0.2, 0.25) is 0 Å². The number of hydrogen-bond acceptors (Lipinski definition) is 4. The molecule has 0 aliphatic carbocycles. The van der Waals surface area contributed by atoms with Crippen molar-refractivity contribution in [3.8, 4) is 5.69 Å². The van der Waals surface area contributed by atoms with Crippen molar-refractivity contribution in [3.05, 3.63) is 42.1 Å². The van der Waals surface area contributed by atoms with Crippen LogP contribution in [-0.2, 0) is 4.74 Å². The first kappa shape index (κ1) is 16.5. The SMILES string of the molecule is Cc1cc(NC(=O)NCCN2CCOCC2)n(-c2ccccc2)n1. The summed E-state index contributed by atoms with van der Waals surface area (Å²) in [7, 11) is 0. The van der Waals surface area contributed by atoms with Gasteiger partial charge in [0.05, 0.1) is 24.6 Å². The predicted octanol–water partition coefficient (Wildman–Crippen LogP) is 1.63. The lowest BCUT2D eigenvalue weighted by Crippen LogP contribution is -2.42. The van der Waals surface area contributed by atoms with Gasteiger partial charge in [-0.3, -0.25) is 10.2 Å². The summed E-state index contributed by atoms with van der Waals surface area (Å²) in [5.74, 6) is 0.655. The van der Waals surface area contributed by atoms with Crippen LogP contribution < -0.4 is 10.6 Å². The molecule has 7 nitrogen and oxygen atoms in total. The van der Waals surface area contributed by atoms with Gasteiger partial charge in [-0.25, -0.2) is 9.48 Å². The first-order chi connectivity index (χ1) is 11.7. The van der Waals surface area contributed by atoms with Crippen molar-refractivity contribution < 1.29 is 9.53 Å². The fourth-order valence-electron chi connectivity index (χ4n) is 2.67. The highest BCUT2D eigenvalue weighted by molar-refractivity contribution is 5.88. The zero-order valence-electron chi connectivity index (χ0n) is 13.9. The maximum atomic E-state index is 12.1. The summed E-state index contributed by atoms with van der Waals surface area (Å²) in [6, 6.07) is 11.4. The van der Waals surface area contributed by atoms with E-state index >= 15 is 0 Å². The highest BCUT2D eigenvalue weighted by Gasteiger charge is 2.12. The highest BCUT2D eigenvalue weighted by atomic mass is 16.5. The Bertz CT molecular complexity index is 665. The van der Waals surface area contributed by atoms with E-state index in [0.717, 1.165) is 44.2 Å². The number of para-hydroxylation sites is 1. The Morgan fingerprint density at radius 3 is 2.75 bits per heavy atom. The van der Waals surface area contributed by atoms with Gasteiger partial charge in [-0.05, 0) is 19.1 Å². The number of nitrogens with zero attached hydrogens (tertiary/aromatic N) is 3. The molecule has 1 fully saturated rings. The van der Waals surface area contributed by atoms with Gasteiger partial charge in [0.25, 0.3) is 0 Å². The second kappa shape index (κ2) is 7.94. The Balaban J connectivity index is 1.54. The summed E-state index contributed by atoms with van der Waals surface area (Å²) in [6.07, 6.45) is 0. The summed E-state index contributed by atoms with van der Waals surface area (Å²) in [5, 5.41) is 10.2. The maximum Gasteiger partial charge on any atom is 0.320 e. The van der Waals surface area contributed by atoms with Gasteiger partial charge in [0, 0.05) is 32.2 Å². The Morgan fingerprint density at radius 2 is 2.00 bits per heavy atom. The third-order valence-corrected chi connectivity index (χ3v) is 3.89. The lowest BCUT2D eigenvalue weighted by molar-refractivity contribution is 0.0388. The topological polar surface area (TPSA) is 71.4 Å². The molecule has 3 rings (SSSR count). The normalized spacial score (nSPS) is 15.2. The van der Waals surface area contributed by atoms with Crippen LogP contribution in [0.5, 0.6) is 0 Å². The summed E-state index contributed by atoms with van der Waals surface area (Å²) in [6.45, 7) is 6.70. The summed E-state index contributed by atoms with van der Waals surface area (Å²) < 4.78 is 7.05. The van der Waals surface area contributed by atoms with Gasteiger partial charge < -0.3 is 10.1 Å². The van der Waals surface area contributed by atoms with Gasteiger partial charge in [-0.2, -0.15) is 5.10 Å². The number of aromatic nitrogens is 2. The van der Waals surface area contributed by atoms with E-state index in [1.54, 1.807) is 4.68 Å². The molecule has 7 heteroatoms. The van der Waals surface area contributed by atoms with Crippen LogP contribution in [-0.4, -0.2) is 60.1 Å². The molecule has 2 aromatic rings. The molecule has 1 saturated heterocycles. The summed E-state index contributed by atoms with van der Waals surface area (Å²) >= 11 is 0. The average molecular weight is 329 g/mol. The van der Waals surface area contributed by atoms with Crippen LogP contribution in [0.2, 0.25) is 0 Å². The smallest absolute Gasteiger partial charge is 0.320 e. The van der Waals surface area contributed by atoms with E-state index in [1.165, 1.54) is 0 Å². The van der Waals surface area contributed by atoms with E-state index in [-0.39, 0.29) is 6.03 Å². The second-order valence-electron chi connectivity index (χ2n) is 5.75. The molecule has 0 saturated carbocycles. The zero-order valence-corrected chi connectivity index (χ0v) is 13.9. The van der Waals surface area contributed by atoms with E-state index in [1.807, 2.05) is 43.3 Å². The third kappa shape index (κ3) is 4.33. The molecule has 1 aromatic carbocycles. The van der Waals surface area contributed by atoms with Crippen molar-refractivity contribution in [1.29, 1.82) is 0 Å². The minimum atomic E-state index is -0.222. The molecule has 0 atom stereocenters. The quantitative estimate of drug-likeness (QED) is 0.875. The molecular formula is C17H23N5O2. The minimum absolute atomic E-state index is 0.222. The number of morpholine rings is 1. The molecule has 0 bridgehead atoms. The van der Waals surface area contributed by atoms with Gasteiger partial charge in [-0.15, -0.1) is 0 Å². The molecule has 2 amide bonds. The molecule has 2 heterocycles. The summed E-state index contributed by atoms with van der Waals surface area (Å²) in [4.78, 5) is 14.4. The summed E-state index contributed by atoms with van der Waals surface area (Å²) in [5.41, 5.74) is 1.76. The number of anilines is 1. The van der Waals surface area contributed by atoms with E-state index in [2.05, 4.69) is 20.6 Å². The first-order valence-corrected chi connectivity index (χ1v) is 8.19. The van der Waals surface area contributed by atoms with Crippen molar-refractivity contribution in [1.82, 2.24) is 20.0 Å². The lowest BCUT2D eigenvalue weighted by atomic mass is 10.3. The second-order valence-corrected chi connectivity index (χ2v) is 5.75. The van der Waals surface area contributed by atoms with Crippen molar-refractivity contribution in [2.75, 3.05) is 44.7 Å². The molecule has 1 aliphatic rings. The molecule has 0 unspecified atom stereocenters. The minimum Gasteiger partial charge on any atom is -0.379 e. The van der Waals surface area contributed by atoms with Crippen molar-refractivity contribution in [3.63, 3.8) is 0 Å². The van der Waals surface area contributed by atoms with Crippen molar-refractivity contribution in [2.24, 2.45) is 0 Å². The van der Waals surface area contributed by atoms with Gasteiger partial charge in [0.1, 0.15) is 5.82 Å². The number of rotatable bonds is 5. The molecule has 24 heavy (non-hydrogen) atoms. The number of amides is 2. The number of benzene rings is 1. The van der Waals surface area contributed by atoms with Crippen LogP contribution in [0.1, 0.15) is 5.69 Å². The number of nitrogens with one attached hydrogen (secondary N) is 2. The largest absolute Gasteiger partial charge is 0.379 e. The van der Waals surface area contributed by atoms with Gasteiger partial charge in [-0.1, -0.05) is 18.2 Å². The number of hydrogen-bond donors (Lipinski definition) is 2. The molecule has 128 valence electrons. The van der Waals surface area contributed by atoms with E-state index in [9.17, 15) is 4.79 Å². The monoisotopic (exact) mass is 329 g/mol.